The van der Waals surface area contributed by atoms with E-state index in [9.17, 15) is 4.79 Å². The number of rotatable bonds is 3. The van der Waals surface area contributed by atoms with Crippen molar-refractivity contribution in [3.05, 3.63) is 17.7 Å². The lowest BCUT2D eigenvalue weighted by Crippen LogP contribution is -2.09. The molecule has 0 spiro atoms. The molecule has 0 radical (unpaired) electrons. The largest absolute Gasteiger partial charge is 0.494 e. The Morgan fingerprint density at radius 3 is 2.40 bits per heavy atom. The third-order valence-electron chi connectivity index (χ3n) is 2.08. The molecule has 0 aliphatic rings. The van der Waals surface area contributed by atoms with Crippen LogP contribution in [0.1, 0.15) is 5.56 Å². The molecule has 0 bridgehead atoms. The summed E-state index contributed by atoms with van der Waals surface area (Å²) in [7, 11) is 2.79. The zero-order valence-electron chi connectivity index (χ0n) is 8.74. The second-order valence-electron chi connectivity index (χ2n) is 3.01. The number of carbonyl (C=O) groups is 1. The van der Waals surface area contributed by atoms with Crippen LogP contribution in [0.25, 0.3) is 0 Å². The predicted octanol–water partition coefficient (Wildman–Crippen LogP) is 0.575. The van der Waals surface area contributed by atoms with Gasteiger partial charge in [-0.1, -0.05) is 0 Å². The Balaban J connectivity index is 3.13. The summed E-state index contributed by atoms with van der Waals surface area (Å²) < 4.78 is 9.65. The topological polar surface area (TPSA) is 87.6 Å². The molecule has 0 aliphatic heterocycles. The smallest absolute Gasteiger partial charge is 0.310 e. The standard InChI is InChI=1S/C10H14N2O3/c1-14-9(13)5-6-7(11)3-4-8(12)10(6)15-2/h3-4H,5,11-12H2,1-2H3. The first kappa shape index (κ1) is 11.2. The van der Waals surface area contributed by atoms with Gasteiger partial charge in [0.2, 0.25) is 0 Å². The molecule has 0 saturated carbocycles. The van der Waals surface area contributed by atoms with E-state index in [0.717, 1.165) is 0 Å². The summed E-state index contributed by atoms with van der Waals surface area (Å²) >= 11 is 0. The normalized spacial score (nSPS) is 9.73. The lowest BCUT2D eigenvalue weighted by Gasteiger charge is -2.12. The summed E-state index contributed by atoms with van der Waals surface area (Å²) in [6.45, 7) is 0. The number of nitrogen functional groups attached to an aromatic ring is 2. The zero-order chi connectivity index (χ0) is 11.4. The maximum Gasteiger partial charge on any atom is 0.310 e. The number of nitrogens with two attached hydrogens (primary N) is 2. The van der Waals surface area contributed by atoms with E-state index >= 15 is 0 Å². The molecule has 0 saturated heterocycles. The molecule has 0 heterocycles. The number of esters is 1. The van der Waals surface area contributed by atoms with Gasteiger partial charge < -0.3 is 20.9 Å². The van der Waals surface area contributed by atoms with Crippen molar-refractivity contribution in [2.24, 2.45) is 0 Å². The van der Waals surface area contributed by atoms with Crippen LogP contribution in [0.4, 0.5) is 11.4 Å². The van der Waals surface area contributed by atoms with Crippen molar-refractivity contribution in [3.8, 4) is 5.75 Å². The Morgan fingerprint density at radius 2 is 1.87 bits per heavy atom. The molecule has 0 atom stereocenters. The Kier molecular flexibility index (Phi) is 3.38. The number of benzene rings is 1. The number of carbonyl (C=O) groups excluding carboxylic acids is 1. The van der Waals surface area contributed by atoms with Gasteiger partial charge in [-0.25, -0.2) is 0 Å². The fourth-order valence-electron chi connectivity index (χ4n) is 1.30. The molecule has 0 unspecified atom stereocenters. The molecule has 0 aromatic heterocycles. The van der Waals surface area contributed by atoms with E-state index in [4.69, 9.17) is 16.2 Å². The van der Waals surface area contributed by atoms with Gasteiger partial charge in [0.1, 0.15) is 5.75 Å². The quantitative estimate of drug-likeness (QED) is 0.562. The lowest BCUT2D eigenvalue weighted by atomic mass is 10.1. The number of ether oxygens (including phenoxy) is 2. The fraction of sp³-hybridized carbons (Fsp3) is 0.300. The number of methoxy groups -OCH3 is 2. The highest BCUT2D eigenvalue weighted by molar-refractivity contribution is 5.79. The summed E-state index contributed by atoms with van der Waals surface area (Å²) in [5, 5.41) is 0. The van der Waals surface area contributed by atoms with Crippen LogP contribution in [0.5, 0.6) is 5.75 Å². The van der Waals surface area contributed by atoms with Crippen LogP contribution in [-0.4, -0.2) is 20.2 Å². The molecule has 1 rings (SSSR count). The molecule has 15 heavy (non-hydrogen) atoms. The molecule has 4 N–H and O–H groups in total. The minimum absolute atomic E-state index is 0.0521. The zero-order valence-corrected chi connectivity index (χ0v) is 8.74. The van der Waals surface area contributed by atoms with Gasteiger partial charge in [0, 0.05) is 11.3 Å². The third kappa shape index (κ3) is 2.31. The van der Waals surface area contributed by atoms with Gasteiger partial charge in [-0.05, 0) is 12.1 Å². The van der Waals surface area contributed by atoms with Crippen LogP contribution in [0.2, 0.25) is 0 Å². The summed E-state index contributed by atoms with van der Waals surface area (Å²) in [5.41, 5.74) is 12.9. The molecule has 5 heteroatoms. The summed E-state index contributed by atoms with van der Waals surface area (Å²) in [5.74, 6) is 0.0472. The minimum Gasteiger partial charge on any atom is -0.494 e. The number of hydrogen-bond acceptors (Lipinski definition) is 5. The molecule has 82 valence electrons. The Labute approximate surface area is 88.0 Å². The first-order valence-corrected chi connectivity index (χ1v) is 4.37. The SMILES string of the molecule is COC(=O)Cc1c(N)ccc(N)c1OC. The van der Waals surface area contributed by atoms with Crippen molar-refractivity contribution >= 4 is 17.3 Å². The molecule has 0 fully saturated rings. The molecule has 0 aliphatic carbocycles. The predicted molar refractivity (Wildman–Crippen MR) is 57.5 cm³/mol. The molecular formula is C10H14N2O3. The van der Waals surface area contributed by atoms with Gasteiger partial charge in [-0.3, -0.25) is 4.79 Å². The van der Waals surface area contributed by atoms with E-state index in [1.165, 1.54) is 14.2 Å². The van der Waals surface area contributed by atoms with Gasteiger partial charge in [0.05, 0.1) is 26.3 Å². The summed E-state index contributed by atoms with van der Waals surface area (Å²) in [6.07, 6.45) is 0.0521. The Hall–Kier alpha value is -1.91. The van der Waals surface area contributed by atoms with Crippen molar-refractivity contribution in [1.29, 1.82) is 0 Å². The molecule has 0 amide bonds. The van der Waals surface area contributed by atoms with Crippen molar-refractivity contribution < 1.29 is 14.3 Å². The van der Waals surface area contributed by atoms with Gasteiger partial charge in [0.25, 0.3) is 0 Å². The van der Waals surface area contributed by atoms with Crippen molar-refractivity contribution in [2.75, 3.05) is 25.7 Å². The fourth-order valence-corrected chi connectivity index (χ4v) is 1.30. The van der Waals surface area contributed by atoms with E-state index < -0.39 is 0 Å². The van der Waals surface area contributed by atoms with Gasteiger partial charge >= 0.3 is 5.97 Å². The molecule has 5 nitrogen and oxygen atoms in total. The average Bonchev–Trinajstić information content (AvgIpc) is 2.23. The van der Waals surface area contributed by atoms with Crippen LogP contribution >= 0.6 is 0 Å². The van der Waals surface area contributed by atoms with E-state index in [2.05, 4.69) is 4.74 Å². The minimum atomic E-state index is -0.384. The Bertz CT molecular complexity index is 377. The number of hydrogen-bond donors (Lipinski definition) is 2. The van der Waals surface area contributed by atoms with Crippen LogP contribution in [0, 0.1) is 0 Å². The maximum absolute atomic E-state index is 11.1. The van der Waals surface area contributed by atoms with Gasteiger partial charge in [-0.15, -0.1) is 0 Å². The van der Waals surface area contributed by atoms with Crippen LogP contribution in [0.15, 0.2) is 12.1 Å². The van der Waals surface area contributed by atoms with E-state index in [-0.39, 0.29) is 12.4 Å². The molecule has 1 aromatic rings. The van der Waals surface area contributed by atoms with E-state index in [0.29, 0.717) is 22.7 Å². The average molecular weight is 210 g/mol. The first-order chi connectivity index (χ1) is 7.10. The van der Waals surface area contributed by atoms with Crippen molar-refractivity contribution in [1.82, 2.24) is 0 Å². The summed E-state index contributed by atoms with van der Waals surface area (Å²) in [4.78, 5) is 11.1. The highest BCUT2D eigenvalue weighted by Crippen LogP contribution is 2.31. The highest BCUT2D eigenvalue weighted by atomic mass is 16.5. The van der Waals surface area contributed by atoms with Crippen LogP contribution in [-0.2, 0) is 16.0 Å². The third-order valence-corrected chi connectivity index (χ3v) is 2.08. The molecule has 1 aromatic carbocycles. The van der Waals surface area contributed by atoms with Crippen LogP contribution in [0.3, 0.4) is 0 Å². The van der Waals surface area contributed by atoms with Crippen molar-refractivity contribution in [2.45, 2.75) is 6.42 Å². The maximum atomic E-state index is 11.1. The van der Waals surface area contributed by atoms with E-state index in [1.54, 1.807) is 12.1 Å². The van der Waals surface area contributed by atoms with Gasteiger partial charge in [0.15, 0.2) is 0 Å². The monoisotopic (exact) mass is 210 g/mol. The van der Waals surface area contributed by atoms with Crippen LogP contribution < -0.4 is 16.2 Å². The summed E-state index contributed by atoms with van der Waals surface area (Å²) in [6, 6.07) is 3.27. The molecular weight excluding hydrogens is 196 g/mol. The Morgan fingerprint density at radius 1 is 1.27 bits per heavy atom. The first-order valence-electron chi connectivity index (χ1n) is 4.37. The van der Waals surface area contributed by atoms with E-state index in [1.807, 2.05) is 0 Å². The van der Waals surface area contributed by atoms with Crippen molar-refractivity contribution in [3.63, 3.8) is 0 Å². The second kappa shape index (κ2) is 4.54. The second-order valence-corrected chi connectivity index (χ2v) is 3.01. The lowest BCUT2D eigenvalue weighted by molar-refractivity contribution is -0.139. The number of anilines is 2. The van der Waals surface area contributed by atoms with Gasteiger partial charge in [-0.2, -0.15) is 0 Å². The highest BCUT2D eigenvalue weighted by Gasteiger charge is 2.14.